The Morgan fingerprint density at radius 1 is 0.773 bits per heavy atom. The van der Waals surface area contributed by atoms with Crippen LogP contribution in [0, 0.1) is 19.8 Å². The maximum atomic E-state index is 14.6. The Bertz CT molecular complexity index is 1600. The van der Waals surface area contributed by atoms with E-state index in [4.69, 9.17) is 58.0 Å². The van der Waals surface area contributed by atoms with Crippen LogP contribution in [-0.2, 0) is 10.5 Å². The summed E-state index contributed by atoms with van der Waals surface area (Å²) in [6.45, 7) is 2.20. The number of aryl methyl sites for hydroxylation is 2. The number of carbonyl (C=O) groups is 2. The molecule has 0 spiro atoms. The average molecular weight is 725 g/mol. The Balaban J connectivity index is 1.57. The highest BCUT2D eigenvalue weighted by Gasteiger charge is 2.73. The summed E-state index contributed by atoms with van der Waals surface area (Å²) in [4.78, 5) is 26.2. The van der Waals surface area contributed by atoms with Gasteiger partial charge in [-0.15, -0.1) is 23.2 Å². The molecule has 0 bridgehead atoms. The van der Waals surface area contributed by atoms with Gasteiger partial charge in [-0.25, -0.2) is 4.39 Å². The van der Waals surface area contributed by atoms with E-state index in [2.05, 4.69) is 10.6 Å². The van der Waals surface area contributed by atoms with Crippen LogP contribution >= 0.6 is 58.0 Å². The van der Waals surface area contributed by atoms with E-state index in [0.717, 1.165) is 13.8 Å². The summed E-state index contributed by atoms with van der Waals surface area (Å²) in [6, 6.07) is 9.15. The lowest BCUT2D eigenvalue weighted by molar-refractivity contribution is -0.348. The zero-order chi connectivity index (χ0) is 33.2. The molecule has 4 rings (SSSR count). The van der Waals surface area contributed by atoms with Gasteiger partial charge in [0.15, 0.2) is 0 Å². The first-order chi connectivity index (χ1) is 20.1. The molecule has 3 aromatic rings. The smallest absolute Gasteiger partial charge is 0.326 e. The number of nitrogens with one attached hydrogen (secondary N) is 2. The van der Waals surface area contributed by atoms with Crippen LogP contribution in [0.3, 0.4) is 0 Å². The molecule has 1 aliphatic carbocycles. The largest absolute Gasteiger partial charge is 0.435 e. The van der Waals surface area contributed by atoms with E-state index in [9.17, 15) is 40.3 Å². The molecule has 0 aliphatic heterocycles. The molecule has 4 nitrogen and oxygen atoms in total. The molecule has 236 valence electrons. The quantitative estimate of drug-likeness (QED) is 0.196. The maximum absolute atomic E-state index is 14.6. The highest BCUT2D eigenvalue weighted by atomic mass is 35.5. The van der Waals surface area contributed by atoms with E-state index < -0.39 is 51.6 Å². The van der Waals surface area contributed by atoms with E-state index in [-0.39, 0.29) is 33.1 Å². The van der Waals surface area contributed by atoms with Crippen LogP contribution in [-0.4, -0.2) is 28.5 Å². The van der Waals surface area contributed by atoms with Gasteiger partial charge in [0, 0.05) is 32.9 Å². The third-order valence-corrected chi connectivity index (χ3v) is 8.72. The fraction of sp³-hybridized carbons (Fsp3) is 0.286. The maximum Gasteiger partial charge on any atom is 0.435 e. The van der Waals surface area contributed by atoms with Crippen LogP contribution < -0.4 is 10.6 Å². The van der Waals surface area contributed by atoms with E-state index in [1.165, 1.54) is 24.3 Å². The number of amides is 2. The SMILES string of the molecule is Cc1cc(C(F)(C(F)(F)F)C(F)(F)F)cc(C)c1NC(=O)c1cc(NC(=O)C2C(c3cc(Cl)cc(Cl)c3)C2(Cl)Cl)ccc1Cl. The zero-order valence-corrected chi connectivity index (χ0v) is 25.9. The van der Waals surface area contributed by atoms with Crippen LogP contribution in [0.15, 0.2) is 48.5 Å². The molecular formula is C28H18Cl5F7N2O2. The Morgan fingerprint density at radius 3 is 1.80 bits per heavy atom. The molecule has 2 unspecified atom stereocenters. The van der Waals surface area contributed by atoms with Gasteiger partial charge in [-0.05, 0) is 66.9 Å². The van der Waals surface area contributed by atoms with Crippen molar-refractivity contribution in [1.82, 2.24) is 0 Å². The van der Waals surface area contributed by atoms with Crippen molar-refractivity contribution < 1.29 is 40.3 Å². The van der Waals surface area contributed by atoms with E-state index in [1.54, 1.807) is 12.1 Å². The molecule has 2 atom stereocenters. The zero-order valence-electron chi connectivity index (χ0n) is 22.1. The van der Waals surface area contributed by atoms with Crippen LogP contribution in [0.2, 0.25) is 15.1 Å². The average Bonchev–Trinajstić information content (AvgIpc) is 3.46. The summed E-state index contributed by atoms with van der Waals surface area (Å²) in [5.74, 6) is -3.14. The first kappa shape index (κ1) is 34.4. The number of carbonyl (C=O) groups excluding carboxylic acids is 2. The van der Waals surface area contributed by atoms with Crippen molar-refractivity contribution in [2.45, 2.75) is 42.1 Å². The van der Waals surface area contributed by atoms with Gasteiger partial charge in [0.2, 0.25) is 5.91 Å². The Kier molecular flexibility index (Phi) is 9.18. The van der Waals surface area contributed by atoms with Crippen molar-refractivity contribution in [1.29, 1.82) is 0 Å². The normalized spacial score (nSPS) is 18.1. The van der Waals surface area contributed by atoms with E-state index >= 15 is 0 Å². The highest BCUT2D eigenvalue weighted by Crippen LogP contribution is 2.65. The lowest BCUT2D eigenvalue weighted by atomic mass is 9.90. The molecule has 0 heterocycles. The van der Waals surface area contributed by atoms with Crippen molar-refractivity contribution in [2.75, 3.05) is 10.6 Å². The fourth-order valence-corrected chi connectivity index (χ4v) is 6.42. The van der Waals surface area contributed by atoms with Gasteiger partial charge in [0.1, 0.15) is 4.33 Å². The van der Waals surface area contributed by atoms with Crippen LogP contribution in [0.25, 0.3) is 0 Å². The van der Waals surface area contributed by atoms with Gasteiger partial charge in [-0.1, -0.05) is 46.9 Å². The van der Waals surface area contributed by atoms with Crippen LogP contribution in [0.5, 0.6) is 0 Å². The van der Waals surface area contributed by atoms with Crippen molar-refractivity contribution >= 4 is 81.2 Å². The third kappa shape index (κ3) is 6.31. The van der Waals surface area contributed by atoms with Crippen LogP contribution in [0.4, 0.5) is 42.1 Å². The van der Waals surface area contributed by atoms with E-state index in [1.807, 2.05) is 0 Å². The molecule has 0 saturated heterocycles. The standard InChI is InChI=1S/C28H18Cl5F7N2O2/c1-11-5-14(26(34,27(35,36)37)28(38,39)40)6-12(2)22(11)42-23(43)18-10-17(3-4-19(18)31)41-24(44)21-20(25(21,32)33)13-7-15(29)9-16(30)8-13/h3-10,20-21H,1-2H3,(H,41,44)(H,42,43). The number of rotatable bonds is 6. The topological polar surface area (TPSA) is 58.2 Å². The number of alkyl halides is 9. The number of hydrogen-bond donors (Lipinski definition) is 2. The van der Waals surface area contributed by atoms with Crippen molar-refractivity contribution in [3.05, 3.63) is 91.4 Å². The molecule has 0 radical (unpaired) electrons. The van der Waals surface area contributed by atoms with Gasteiger partial charge >= 0.3 is 18.0 Å². The lowest BCUT2D eigenvalue weighted by Crippen LogP contribution is -2.50. The van der Waals surface area contributed by atoms with Crippen molar-refractivity contribution in [3.8, 4) is 0 Å². The van der Waals surface area contributed by atoms with Crippen molar-refractivity contribution in [3.63, 3.8) is 0 Å². The Morgan fingerprint density at radius 2 is 1.30 bits per heavy atom. The monoisotopic (exact) mass is 722 g/mol. The predicted octanol–water partition coefficient (Wildman–Crippen LogP) is 10.3. The fourth-order valence-electron chi connectivity index (χ4n) is 4.85. The molecule has 16 heteroatoms. The first-order valence-electron chi connectivity index (χ1n) is 12.3. The van der Waals surface area contributed by atoms with Gasteiger partial charge in [-0.3, -0.25) is 9.59 Å². The number of anilines is 2. The summed E-state index contributed by atoms with van der Waals surface area (Å²) < 4.78 is 92.6. The summed E-state index contributed by atoms with van der Waals surface area (Å²) in [5.41, 5.74) is -7.68. The molecule has 1 aliphatic rings. The molecule has 3 aromatic carbocycles. The molecule has 2 amide bonds. The minimum Gasteiger partial charge on any atom is -0.326 e. The molecule has 44 heavy (non-hydrogen) atoms. The molecule has 0 aromatic heterocycles. The lowest BCUT2D eigenvalue weighted by Gasteiger charge is -2.31. The van der Waals surface area contributed by atoms with Gasteiger partial charge in [0.05, 0.1) is 16.5 Å². The number of hydrogen-bond acceptors (Lipinski definition) is 2. The second-order valence-corrected chi connectivity index (χ2v) is 12.8. The molecule has 1 saturated carbocycles. The van der Waals surface area contributed by atoms with E-state index in [0.29, 0.717) is 27.7 Å². The van der Waals surface area contributed by atoms with Crippen molar-refractivity contribution in [2.24, 2.45) is 5.92 Å². The second-order valence-electron chi connectivity index (χ2n) is 10.1. The number of benzene rings is 3. The molecule has 1 fully saturated rings. The summed E-state index contributed by atoms with van der Waals surface area (Å²) in [7, 11) is 0. The van der Waals surface area contributed by atoms with Gasteiger partial charge in [0.25, 0.3) is 5.91 Å². The minimum atomic E-state index is -6.30. The number of halogens is 12. The summed E-state index contributed by atoms with van der Waals surface area (Å²) in [6.07, 6.45) is -12.6. The Hall–Kier alpha value is -2.44. The second kappa shape index (κ2) is 11.7. The minimum absolute atomic E-state index is 0.0878. The van der Waals surface area contributed by atoms with Crippen LogP contribution in [0.1, 0.15) is 38.5 Å². The highest BCUT2D eigenvalue weighted by molar-refractivity contribution is 6.53. The molecule has 2 N–H and O–H groups in total. The third-order valence-electron chi connectivity index (χ3n) is 7.01. The Labute approximate surface area is 270 Å². The summed E-state index contributed by atoms with van der Waals surface area (Å²) >= 11 is 31.0. The first-order valence-corrected chi connectivity index (χ1v) is 14.2. The molecular weight excluding hydrogens is 707 g/mol. The predicted molar refractivity (Wildman–Crippen MR) is 156 cm³/mol. The van der Waals surface area contributed by atoms with Gasteiger partial charge < -0.3 is 10.6 Å². The summed E-state index contributed by atoms with van der Waals surface area (Å²) in [5, 5.41) is 5.46. The van der Waals surface area contributed by atoms with Gasteiger partial charge in [-0.2, -0.15) is 26.3 Å².